The van der Waals surface area contributed by atoms with Gasteiger partial charge in [-0.25, -0.2) is 0 Å². The maximum absolute atomic E-state index is 12.2. The lowest BCUT2D eigenvalue weighted by atomic mass is 9.74. The van der Waals surface area contributed by atoms with E-state index in [-0.39, 0.29) is 12.5 Å². The van der Waals surface area contributed by atoms with Crippen LogP contribution in [0, 0.1) is 5.41 Å². The van der Waals surface area contributed by atoms with Gasteiger partial charge in [-0.2, -0.15) is 0 Å². The number of carbonyl (C=O) groups is 1. The third kappa shape index (κ3) is 2.67. The van der Waals surface area contributed by atoms with Crippen molar-refractivity contribution in [1.82, 2.24) is 5.73 Å². The van der Waals surface area contributed by atoms with Gasteiger partial charge in [0, 0.05) is 6.54 Å². The number of esters is 1. The van der Waals surface area contributed by atoms with Gasteiger partial charge in [0.1, 0.15) is 5.75 Å². The van der Waals surface area contributed by atoms with Gasteiger partial charge in [0.15, 0.2) is 0 Å². The molecule has 1 fully saturated rings. The van der Waals surface area contributed by atoms with Crippen LogP contribution in [0.1, 0.15) is 32.1 Å². The Morgan fingerprint density at radius 2 is 1.82 bits per heavy atom. The van der Waals surface area contributed by atoms with E-state index >= 15 is 0 Å². The molecule has 0 aliphatic heterocycles. The SMILES string of the molecule is [NH]CC1(C(=O)Oc2ccccc2)CCCCC1. The highest BCUT2D eigenvalue weighted by Crippen LogP contribution is 2.37. The molecule has 0 atom stereocenters. The molecule has 2 rings (SSSR count). The van der Waals surface area contributed by atoms with Gasteiger partial charge in [0.05, 0.1) is 5.41 Å². The molecule has 0 amide bonds. The third-order valence-electron chi connectivity index (χ3n) is 3.54. The fourth-order valence-electron chi connectivity index (χ4n) is 2.39. The summed E-state index contributed by atoms with van der Waals surface area (Å²) in [5.41, 5.74) is 7.08. The van der Waals surface area contributed by atoms with Crippen LogP contribution in [0.5, 0.6) is 5.75 Å². The minimum absolute atomic E-state index is 0.138. The van der Waals surface area contributed by atoms with Crippen molar-refractivity contribution in [3.63, 3.8) is 0 Å². The van der Waals surface area contributed by atoms with Crippen LogP contribution < -0.4 is 10.5 Å². The molecule has 1 saturated carbocycles. The highest BCUT2D eigenvalue weighted by molar-refractivity contribution is 5.79. The molecule has 1 aliphatic carbocycles. The topological polar surface area (TPSA) is 50.1 Å². The molecule has 0 spiro atoms. The smallest absolute Gasteiger partial charge is 0.318 e. The van der Waals surface area contributed by atoms with Crippen LogP contribution in [0.2, 0.25) is 0 Å². The second-order valence-electron chi connectivity index (χ2n) is 4.72. The first-order chi connectivity index (χ1) is 8.27. The first-order valence-corrected chi connectivity index (χ1v) is 6.19. The summed E-state index contributed by atoms with van der Waals surface area (Å²) >= 11 is 0. The zero-order valence-corrected chi connectivity index (χ0v) is 9.95. The van der Waals surface area contributed by atoms with Crippen LogP contribution in [0.3, 0.4) is 0 Å². The second kappa shape index (κ2) is 5.32. The predicted molar refractivity (Wildman–Crippen MR) is 65.6 cm³/mol. The van der Waals surface area contributed by atoms with Gasteiger partial charge >= 0.3 is 5.97 Å². The van der Waals surface area contributed by atoms with E-state index in [4.69, 9.17) is 10.5 Å². The Labute approximate surface area is 102 Å². The first kappa shape index (κ1) is 12.1. The van der Waals surface area contributed by atoms with E-state index < -0.39 is 5.41 Å². The van der Waals surface area contributed by atoms with Crippen molar-refractivity contribution in [3.8, 4) is 5.75 Å². The molecule has 0 saturated heterocycles. The van der Waals surface area contributed by atoms with E-state index in [2.05, 4.69) is 0 Å². The second-order valence-corrected chi connectivity index (χ2v) is 4.72. The Morgan fingerprint density at radius 1 is 1.18 bits per heavy atom. The van der Waals surface area contributed by atoms with Crippen molar-refractivity contribution in [1.29, 1.82) is 0 Å². The molecular weight excluding hydrogens is 214 g/mol. The summed E-state index contributed by atoms with van der Waals surface area (Å²) in [5.74, 6) is 0.356. The van der Waals surface area contributed by atoms with Crippen LogP contribution in [0.15, 0.2) is 30.3 Å². The molecule has 0 aromatic heterocycles. The van der Waals surface area contributed by atoms with Crippen molar-refractivity contribution in [3.05, 3.63) is 30.3 Å². The highest BCUT2D eigenvalue weighted by Gasteiger charge is 2.40. The van der Waals surface area contributed by atoms with Crippen molar-refractivity contribution in [2.45, 2.75) is 32.1 Å². The summed E-state index contributed by atoms with van der Waals surface area (Å²) in [6, 6.07) is 9.13. The van der Waals surface area contributed by atoms with Crippen LogP contribution in [-0.4, -0.2) is 12.5 Å². The van der Waals surface area contributed by atoms with Crippen LogP contribution in [0.25, 0.3) is 0 Å². The Kier molecular flexibility index (Phi) is 3.79. The van der Waals surface area contributed by atoms with Gasteiger partial charge in [-0.1, -0.05) is 37.5 Å². The van der Waals surface area contributed by atoms with Crippen molar-refractivity contribution in [2.24, 2.45) is 5.41 Å². The Bertz CT molecular complexity index is 369. The number of nitrogens with one attached hydrogen (secondary N) is 1. The lowest BCUT2D eigenvalue weighted by Crippen LogP contribution is -2.40. The minimum Gasteiger partial charge on any atom is -0.426 e. The lowest BCUT2D eigenvalue weighted by molar-refractivity contribution is -0.147. The van der Waals surface area contributed by atoms with Crippen molar-refractivity contribution >= 4 is 5.97 Å². The molecule has 0 unspecified atom stereocenters. The Morgan fingerprint density at radius 3 is 2.41 bits per heavy atom. The fraction of sp³-hybridized carbons (Fsp3) is 0.500. The number of benzene rings is 1. The molecule has 1 aromatic carbocycles. The van der Waals surface area contributed by atoms with E-state index in [1.807, 2.05) is 18.2 Å². The molecule has 0 heterocycles. The van der Waals surface area contributed by atoms with E-state index in [1.165, 1.54) is 6.42 Å². The third-order valence-corrected chi connectivity index (χ3v) is 3.54. The minimum atomic E-state index is -0.561. The summed E-state index contributed by atoms with van der Waals surface area (Å²) in [7, 11) is 0. The number of para-hydroxylation sites is 1. The van der Waals surface area contributed by atoms with Gasteiger partial charge in [0.2, 0.25) is 0 Å². The van der Waals surface area contributed by atoms with Gasteiger partial charge < -0.3 is 4.74 Å². The van der Waals surface area contributed by atoms with Gasteiger partial charge in [-0.15, -0.1) is 0 Å². The lowest BCUT2D eigenvalue weighted by Gasteiger charge is -2.33. The van der Waals surface area contributed by atoms with Crippen LogP contribution >= 0.6 is 0 Å². The standard InChI is InChI=1S/C14H18NO2/c15-11-14(9-5-2-6-10-14)13(16)17-12-7-3-1-4-8-12/h1,3-4,7-8,15H,2,5-6,9-11H2. The molecule has 3 heteroatoms. The number of hydrogen-bond acceptors (Lipinski definition) is 2. The van der Waals surface area contributed by atoms with Gasteiger partial charge in [-0.05, 0) is 25.0 Å². The average Bonchev–Trinajstić information content (AvgIpc) is 2.40. The highest BCUT2D eigenvalue weighted by atomic mass is 16.5. The Hall–Kier alpha value is -1.35. The summed E-state index contributed by atoms with van der Waals surface area (Å²) in [5, 5.41) is 0. The molecule has 1 aliphatic rings. The number of hydrogen-bond donors (Lipinski definition) is 0. The number of ether oxygens (including phenoxy) is 1. The molecule has 1 radical (unpaired) electrons. The van der Waals surface area contributed by atoms with Crippen molar-refractivity contribution < 1.29 is 9.53 Å². The monoisotopic (exact) mass is 232 g/mol. The maximum atomic E-state index is 12.2. The quantitative estimate of drug-likeness (QED) is 0.594. The van der Waals surface area contributed by atoms with Gasteiger partial charge in [0.25, 0.3) is 0 Å². The largest absolute Gasteiger partial charge is 0.426 e. The van der Waals surface area contributed by atoms with E-state index in [1.54, 1.807) is 12.1 Å². The van der Waals surface area contributed by atoms with E-state index in [0.29, 0.717) is 5.75 Å². The molecule has 91 valence electrons. The predicted octanol–water partition coefficient (Wildman–Crippen LogP) is 2.83. The fourth-order valence-corrected chi connectivity index (χ4v) is 2.39. The van der Waals surface area contributed by atoms with Crippen LogP contribution in [-0.2, 0) is 4.79 Å². The van der Waals surface area contributed by atoms with Crippen LogP contribution in [0.4, 0.5) is 0 Å². The normalized spacial score (nSPS) is 18.6. The molecule has 17 heavy (non-hydrogen) atoms. The summed E-state index contributed by atoms with van der Waals surface area (Å²) < 4.78 is 5.39. The number of rotatable bonds is 3. The summed E-state index contributed by atoms with van der Waals surface area (Å²) in [6.07, 6.45) is 4.82. The van der Waals surface area contributed by atoms with E-state index in [0.717, 1.165) is 25.7 Å². The number of carbonyl (C=O) groups excluding carboxylic acids is 1. The van der Waals surface area contributed by atoms with Crippen molar-refractivity contribution in [2.75, 3.05) is 6.54 Å². The summed E-state index contributed by atoms with van der Waals surface area (Å²) in [4.78, 5) is 12.2. The van der Waals surface area contributed by atoms with E-state index in [9.17, 15) is 4.79 Å². The average molecular weight is 232 g/mol. The molecule has 1 N–H and O–H groups in total. The summed E-state index contributed by atoms with van der Waals surface area (Å²) in [6.45, 7) is 0.138. The molecule has 1 aromatic rings. The Balaban J connectivity index is 2.07. The maximum Gasteiger partial charge on any atom is 0.318 e. The zero-order valence-electron chi connectivity index (χ0n) is 9.95. The first-order valence-electron chi connectivity index (χ1n) is 6.19. The zero-order chi connectivity index (χ0) is 12.1. The molecular formula is C14H18NO2. The molecule has 3 nitrogen and oxygen atoms in total. The van der Waals surface area contributed by atoms with Gasteiger partial charge in [-0.3, -0.25) is 10.5 Å². The molecule has 0 bridgehead atoms.